The minimum Gasteiger partial charge on any atom is -0.385 e. The lowest BCUT2D eigenvalue weighted by Gasteiger charge is -2.21. The Morgan fingerprint density at radius 1 is 1.24 bits per heavy atom. The number of thiophene rings is 1. The molecule has 0 unspecified atom stereocenters. The molecule has 1 heterocycles. The molecular formula is C13H22ClNO4S2. The number of rotatable bonds is 10. The lowest BCUT2D eigenvalue weighted by molar-refractivity contribution is 0.164. The van der Waals surface area contributed by atoms with Crippen LogP contribution in [0, 0.1) is 6.92 Å². The van der Waals surface area contributed by atoms with Gasteiger partial charge in [-0.25, -0.2) is 8.42 Å². The third kappa shape index (κ3) is 5.19. The van der Waals surface area contributed by atoms with Gasteiger partial charge in [0.25, 0.3) is 0 Å². The van der Waals surface area contributed by atoms with Crippen molar-refractivity contribution in [2.24, 2.45) is 0 Å². The number of hydrogen-bond donors (Lipinski definition) is 0. The predicted molar refractivity (Wildman–Crippen MR) is 85.7 cm³/mol. The second-order valence-corrected chi connectivity index (χ2v) is 8.02. The molecule has 1 aromatic heterocycles. The molecule has 21 heavy (non-hydrogen) atoms. The average molecular weight is 356 g/mol. The molecule has 0 amide bonds. The van der Waals surface area contributed by atoms with Crippen LogP contribution in [0.25, 0.3) is 0 Å². The van der Waals surface area contributed by atoms with Crippen LogP contribution in [-0.4, -0.2) is 53.2 Å². The molecule has 0 aliphatic heterocycles. The molecule has 0 aliphatic rings. The number of methoxy groups -OCH3 is 2. The summed E-state index contributed by atoms with van der Waals surface area (Å²) in [5, 5.41) is 0. The van der Waals surface area contributed by atoms with E-state index in [1.165, 1.54) is 15.6 Å². The molecule has 0 spiro atoms. The number of sulfonamides is 1. The molecule has 0 aliphatic carbocycles. The van der Waals surface area contributed by atoms with Gasteiger partial charge in [-0.2, -0.15) is 4.31 Å². The maximum Gasteiger partial charge on any atom is 0.244 e. The molecule has 0 saturated carbocycles. The van der Waals surface area contributed by atoms with Gasteiger partial charge in [-0.3, -0.25) is 0 Å². The normalized spacial score (nSPS) is 12.2. The first-order chi connectivity index (χ1) is 9.97. The van der Waals surface area contributed by atoms with E-state index in [-0.39, 0.29) is 0 Å². The topological polar surface area (TPSA) is 55.8 Å². The summed E-state index contributed by atoms with van der Waals surface area (Å²) in [5.41, 5.74) is 0. The molecule has 1 rings (SSSR count). The van der Waals surface area contributed by atoms with E-state index in [0.29, 0.717) is 43.5 Å². The van der Waals surface area contributed by atoms with Crippen molar-refractivity contribution in [1.29, 1.82) is 0 Å². The first kappa shape index (κ1) is 18.9. The quantitative estimate of drug-likeness (QED) is 0.478. The Bertz CT molecular complexity index is 530. The molecule has 0 saturated heterocycles. The van der Waals surface area contributed by atoms with Crippen molar-refractivity contribution < 1.29 is 17.9 Å². The van der Waals surface area contributed by atoms with Crippen LogP contribution in [0.5, 0.6) is 0 Å². The summed E-state index contributed by atoms with van der Waals surface area (Å²) in [6, 6.07) is 1.67. The van der Waals surface area contributed by atoms with Crippen LogP contribution in [0.15, 0.2) is 11.0 Å². The largest absolute Gasteiger partial charge is 0.385 e. The molecule has 122 valence electrons. The SMILES string of the molecule is COCCCN(CCOC)S(=O)(=O)c1cc(CCl)sc1C. The van der Waals surface area contributed by atoms with Gasteiger partial charge in [0.15, 0.2) is 0 Å². The first-order valence-electron chi connectivity index (χ1n) is 6.60. The molecule has 0 bridgehead atoms. The second kappa shape index (κ2) is 9.07. The maximum absolute atomic E-state index is 12.8. The standard InChI is InChI=1S/C13H22ClNO4S2/c1-11-13(9-12(10-14)20-11)21(16,17)15(6-8-19-3)5-4-7-18-2/h9H,4-8,10H2,1-3H3. The molecule has 0 aromatic carbocycles. The van der Waals surface area contributed by atoms with Crippen LogP contribution >= 0.6 is 22.9 Å². The average Bonchev–Trinajstić information content (AvgIpc) is 2.84. The van der Waals surface area contributed by atoms with Gasteiger partial charge in [0.2, 0.25) is 10.0 Å². The van der Waals surface area contributed by atoms with Crippen molar-refractivity contribution in [3.8, 4) is 0 Å². The fourth-order valence-corrected chi connectivity index (χ4v) is 5.07. The fourth-order valence-electron chi connectivity index (χ4n) is 1.92. The highest BCUT2D eigenvalue weighted by Crippen LogP contribution is 2.29. The van der Waals surface area contributed by atoms with E-state index in [4.69, 9.17) is 21.1 Å². The summed E-state index contributed by atoms with van der Waals surface area (Å²) < 4.78 is 37.0. The van der Waals surface area contributed by atoms with Crippen LogP contribution in [0.2, 0.25) is 0 Å². The summed E-state index contributed by atoms with van der Waals surface area (Å²) >= 11 is 7.21. The molecule has 1 aromatic rings. The highest BCUT2D eigenvalue weighted by atomic mass is 35.5. The second-order valence-electron chi connectivity index (χ2n) is 4.51. The number of alkyl halides is 1. The van der Waals surface area contributed by atoms with Crippen molar-refractivity contribution >= 4 is 33.0 Å². The number of hydrogen-bond acceptors (Lipinski definition) is 5. The summed E-state index contributed by atoms with van der Waals surface area (Å²) in [6.07, 6.45) is 0.644. The Balaban J connectivity index is 2.98. The monoisotopic (exact) mass is 355 g/mol. The smallest absolute Gasteiger partial charge is 0.244 e. The van der Waals surface area contributed by atoms with Gasteiger partial charge >= 0.3 is 0 Å². The molecule has 0 fully saturated rings. The van der Waals surface area contributed by atoms with Gasteiger partial charge in [0.1, 0.15) is 0 Å². The lowest BCUT2D eigenvalue weighted by atomic mass is 10.4. The third-order valence-corrected chi connectivity index (χ3v) is 6.62. The van der Waals surface area contributed by atoms with Gasteiger partial charge < -0.3 is 9.47 Å². The highest BCUT2D eigenvalue weighted by molar-refractivity contribution is 7.89. The summed E-state index contributed by atoms with van der Waals surface area (Å²) in [5.74, 6) is 0.322. The maximum atomic E-state index is 12.8. The van der Waals surface area contributed by atoms with E-state index in [9.17, 15) is 8.42 Å². The summed E-state index contributed by atoms with van der Waals surface area (Å²) in [4.78, 5) is 1.97. The van der Waals surface area contributed by atoms with Crippen LogP contribution < -0.4 is 0 Å². The Hall–Kier alpha value is -0.180. The van der Waals surface area contributed by atoms with Gasteiger partial charge in [-0.1, -0.05) is 0 Å². The van der Waals surface area contributed by atoms with Crippen molar-refractivity contribution in [3.63, 3.8) is 0 Å². The minimum atomic E-state index is -3.52. The van der Waals surface area contributed by atoms with Crippen molar-refractivity contribution in [1.82, 2.24) is 4.31 Å². The number of aryl methyl sites for hydroxylation is 1. The van der Waals surface area contributed by atoms with Crippen molar-refractivity contribution in [2.45, 2.75) is 24.1 Å². The highest BCUT2D eigenvalue weighted by Gasteiger charge is 2.27. The van der Waals surface area contributed by atoms with Crippen LogP contribution in [-0.2, 0) is 25.4 Å². The van der Waals surface area contributed by atoms with Gasteiger partial charge in [0, 0.05) is 43.7 Å². The van der Waals surface area contributed by atoms with Gasteiger partial charge in [0.05, 0.1) is 17.4 Å². The number of ether oxygens (including phenoxy) is 2. The zero-order valence-electron chi connectivity index (χ0n) is 12.6. The van der Waals surface area contributed by atoms with E-state index in [2.05, 4.69) is 0 Å². The minimum absolute atomic E-state index is 0.322. The van der Waals surface area contributed by atoms with Crippen molar-refractivity contribution in [3.05, 3.63) is 15.8 Å². The Kier molecular flexibility index (Phi) is 8.15. The molecule has 0 N–H and O–H groups in total. The third-order valence-electron chi connectivity index (χ3n) is 2.97. The predicted octanol–water partition coefficient (Wildman–Crippen LogP) is 2.47. The van der Waals surface area contributed by atoms with Crippen LogP contribution in [0.4, 0.5) is 0 Å². The Labute approximate surface area is 135 Å². The lowest BCUT2D eigenvalue weighted by Crippen LogP contribution is -2.35. The number of halogens is 1. The van der Waals surface area contributed by atoms with Gasteiger partial charge in [-0.15, -0.1) is 22.9 Å². The first-order valence-corrected chi connectivity index (χ1v) is 9.39. The summed E-state index contributed by atoms with van der Waals surface area (Å²) in [6.45, 7) is 3.42. The molecule has 8 heteroatoms. The van der Waals surface area contributed by atoms with E-state index < -0.39 is 10.0 Å². The Morgan fingerprint density at radius 3 is 2.43 bits per heavy atom. The Morgan fingerprint density at radius 2 is 1.90 bits per heavy atom. The van der Waals surface area contributed by atoms with Crippen molar-refractivity contribution in [2.75, 3.05) is 40.5 Å². The molecule has 5 nitrogen and oxygen atoms in total. The van der Waals surface area contributed by atoms with E-state index in [1.807, 2.05) is 0 Å². The number of nitrogens with zero attached hydrogens (tertiary/aromatic N) is 1. The zero-order chi connectivity index (χ0) is 15.9. The van der Waals surface area contributed by atoms with E-state index in [0.717, 1.165) is 9.75 Å². The van der Waals surface area contributed by atoms with Gasteiger partial charge in [-0.05, 0) is 19.4 Å². The zero-order valence-corrected chi connectivity index (χ0v) is 15.0. The van der Waals surface area contributed by atoms with Crippen LogP contribution in [0.1, 0.15) is 16.2 Å². The molecule has 0 radical (unpaired) electrons. The van der Waals surface area contributed by atoms with E-state index >= 15 is 0 Å². The summed E-state index contributed by atoms with van der Waals surface area (Å²) in [7, 11) is -0.366. The molecular weight excluding hydrogens is 334 g/mol. The van der Waals surface area contributed by atoms with E-state index in [1.54, 1.807) is 27.2 Å². The molecule has 0 atom stereocenters. The fraction of sp³-hybridized carbons (Fsp3) is 0.692. The van der Waals surface area contributed by atoms with Crippen LogP contribution in [0.3, 0.4) is 0 Å².